The van der Waals surface area contributed by atoms with Crippen molar-refractivity contribution in [2.75, 3.05) is 17.5 Å². The molecule has 0 saturated carbocycles. The first-order valence-electron chi connectivity index (χ1n) is 12.5. The van der Waals surface area contributed by atoms with Crippen molar-refractivity contribution in [1.82, 2.24) is 0 Å². The summed E-state index contributed by atoms with van der Waals surface area (Å²) in [6.45, 7) is 7.96. The predicted octanol–water partition coefficient (Wildman–Crippen LogP) is 7.66. The van der Waals surface area contributed by atoms with Crippen molar-refractivity contribution in [2.24, 2.45) is 0 Å². The molecule has 6 nitrogen and oxygen atoms in total. The van der Waals surface area contributed by atoms with E-state index in [1.165, 1.54) is 0 Å². The molecule has 0 aliphatic rings. The Bertz CT molecular complexity index is 1330. The topological polar surface area (TPSA) is 72.9 Å². The fourth-order valence-electron chi connectivity index (χ4n) is 4.26. The SMILES string of the molecule is CCOC(=O)OC/C=C/CC[C@@H](c1ccccc1)N(c1c(C)cc(C)cc1I)S(=O)(=O)c1ccc(C)cc1. The number of benzene rings is 3. The van der Waals surface area contributed by atoms with Crippen molar-refractivity contribution in [3.8, 4) is 0 Å². The highest BCUT2D eigenvalue weighted by Gasteiger charge is 2.34. The standard InChI is InChI=1S/C30H34INO5S/c1-5-36-30(33)37-19-11-7-10-14-28(25-12-8-6-9-13-25)32(29-24(4)20-23(3)21-27(29)31)38(34,35)26-17-15-22(2)16-18-26/h6-9,11-13,15-18,20-21,28H,5,10,14,19H2,1-4H3/b11-7+/t28-/m0/s1. The molecule has 38 heavy (non-hydrogen) atoms. The van der Waals surface area contributed by atoms with Gasteiger partial charge >= 0.3 is 6.16 Å². The molecule has 0 fully saturated rings. The van der Waals surface area contributed by atoms with Crippen LogP contribution >= 0.6 is 22.6 Å². The number of ether oxygens (including phenoxy) is 2. The van der Waals surface area contributed by atoms with Gasteiger partial charge in [0.1, 0.15) is 6.61 Å². The number of aryl methyl sites for hydroxylation is 3. The monoisotopic (exact) mass is 647 g/mol. The first kappa shape index (κ1) is 29.7. The van der Waals surface area contributed by atoms with Crippen LogP contribution in [0.15, 0.2) is 83.8 Å². The second kappa shape index (κ2) is 13.8. The molecular formula is C30H34INO5S. The van der Waals surface area contributed by atoms with E-state index < -0.39 is 22.2 Å². The third-order valence-electron chi connectivity index (χ3n) is 6.00. The summed E-state index contributed by atoms with van der Waals surface area (Å²) in [6.07, 6.45) is 4.04. The lowest BCUT2D eigenvalue weighted by molar-refractivity contribution is 0.0673. The van der Waals surface area contributed by atoms with Crippen molar-refractivity contribution in [3.05, 3.63) is 105 Å². The maximum atomic E-state index is 14.4. The van der Waals surface area contributed by atoms with Crippen molar-refractivity contribution in [2.45, 2.75) is 51.5 Å². The minimum absolute atomic E-state index is 0.0924. The number of sulfonamides is 1. The minimum Gasteiger partial charge on any atom is -0.435 e. The second-order valence-corrected chi connectivity index (χ2v) is 12.0. The van der Waals surface area contributed by atoms with Gasteiger partial charge in [0.25, 0.3) is 10.0 Å². The van der Waals surface area contributed by atoms with E-state index >= 15 is 0 Å². The largest absolute Gasteiger partial charge is 0.508 e. The van der Waals surface area contributed by atoms with Crippen LogP contribution in [0, 0.1) is 24.3 Å². The Morgan fingerprint density at radius 2 is 1.63 bits per heavy atom. The lowest BCUT2D eigenvalue weighted by Crippen LogP contribution is -2.36. The molecule has 202 valence electrons. The normalized spacial score (nSPS) is 12.3. The quantitative estimate of drug-likeness (QED) is 0.121. The van der Waals surface area contributed by atoms with Gasteiger partial charge in [-0.05, 0) is 98.0 Å². The van der Waals surface area contributed by atoms with E-state index in [1.54, 1.807) is 29.4 Å². The molecule has 0 N–H and O–H groups in total. The van der Waals surface area contributed by atoms with Gasteiger partial charge in [-0.15, -0.1) is 0 Å². The van der Waals surface area contributed by atoms with E-state index in [0.29, 0.717) is 18.5 Å². The number of carbonyl (C=O) groups excluding carboxylic acids is 1. The fourth-order valence-corrected chi connectivity index (χ4v) is 7.36. The van der Waals surface area contributed by atoms with Crippen LogP contribution in [0.4, 0.5) is 10.5 Å². The number of rotatable bonds is 11. The van der Waals surface area contributed by atoms with Crippen LogP contribution in [0.2, 0.25) is 0 Å². The molecule has 0 amide bonds. The van der Waals surface area contributed by atoms with E-state index in [0.717, 1.165) is 25.8 Å². The average Bonchev–Trinajstić information content (AvgIpc) is 2.87. The number of anilines is 1. The van der Waals surface area contributed by atoms with Gasteiger partial charge < -0.3 is 9.47 Å². The van der Waals surface area contributed by atoms with Crippen LogP contribution in [-0.2, 0) is 19.5 Å². The molecule has 0 spiro atoms. The Balaban J connectivity index is 2.05. The van der Waals surface area contributed by atoms with E-state index in [1.807, 2.05) is 81.4 Å². The lowest BCUT2D eigenvalue weighted by atomic mass is 10.0. The zero-order chi connectivity index (χ0) is 27.7. The highest BCUT2D eigenvalue weighted by atomic mass is 127. The Hall–Kier alpha value is -2.85. The second-order valence-electron chi connectivity index (χ2n) is 9.00. The third kappa shape index (κ3) is 7.60. The zero-order valence-electron chi connectivity index (χ0n) is 22.2. The van der Waals surface area contributed by atoms with Gasteiger partial charge in [0.2, 0.25) is 0 Å². The van der Waals surface area contributed by atoms with Crippen LogP contribution in [0.25, 0.3) is 0 Å². The summed E-state index contributed by atoms with van der Waals surface area (Å²) in [4.78, 5) is 11.7. The molecule has 0 radical (unpaired) electrons. The fraction of sp³-hybridized carbons (Fsp3) is 0.300. The van der Waals surface area contributed by atoms with Crippen LogP contribution in [0.5, 0.6) is 0 Å². The molecular weight excluding hydrogens is 613 g/mol. The molecule has 0 bridgehead atoms. The van der Waals surface area contributed by atoms with Gasteiger partial charge in [0.15, 0.2) is 0 Å². The molecule has 1 atom stereocenters. The molecule has 0 aliphatic carbocycles. The van der Waals surface area contributed by atoms with Crippen LogP contribution in [0.1, 0.15) is 48.1 Å². The highest BCUT2D eigenvalue weighted by molar-refractivity contribution is 14.1. The summed E-state index contributed by atoms with van der Waals surface area (Å²) in [5.41, 5.74) is 4.54. The van der Waals surface area contributed by atoms with Gasteiger partial charge in [0, 0.05) is 3.57 Å². The Labute approximate surface area is 239 Å². The number of hydrogen-bond donors (Lipinski definition) is 0. The molecule has 0 aliphatic heterocycles. The molecule has 0 heterocycles. The van der Waals surface area contributed by atoms with E-state index in [9.17, 15) is 13.2 Å². The first-order valence-corrected chi connectivity index (χ1v) is 15.0. The van der Waals surface area contributed by atoms with Crippen LogP contribution < -0.4 is 4.31 Å². The highest BCUT2D eigenvalue weighted by Crippen LogP contribution is 2.40. The Morgan fingerprint density at radius 1 is 0.947 bits per heavy atom. The van der Waals surface area contributed by atoms with Gasteiger partial charge in [-0.25, -0.2) is 13.2 Å². The smallest absolute Gasteiger partial charge is 0.435 e. The van der Waals surface area contributed by atoms with Gasteiger partial charge in [-0.1, -0.05) is 66.2 Å². The molecule has 0 saturated heterocycles. The first-order chi connectivity index (χ1) is 18.1. The van der Waals surface area contributed by atoms with E-state index in [-0.39, 0.29) is 18.1 Å². The number of hydrogen-bond acceptors (Lipinski definition) is 5. The summed E-state index contributed by atoms with van der Waals surface area (Å²) in [5, 5.41) is 0. The van der Waals surface area contributed by atoms with Crippen LogP contribution in [0.3, 0.4) is 0 Å². The molecule has 3 aromatic carbocycles. The van der Waals surface area contributed by atoms with Gasteiger partial charge in [-0.2, -0.15) is 0 Å². The maximum Gasteiger partial charge on any atom is 0.508 e. The van der Waals surface area contributed by atoms with E-state index in [4.69, 9.17) is 9.47 Å². The molecule has 8 heteroatoms. The van der Waals surface area contributed by atoms with Crippen molar-refractivity contribution in [3.63, 3.8) is 0 Å². The average molecular weight is 648 g/mol. The van der Waals surface area contributed by atoms with E-state index in [2.05, 4.69) is 22.6 Å². The maximum absolute atomic E-state index is 14.4. The van der Waals surface area contributed by atoms with Crippen molar-refractivity contribution >= 4 is 44.5 Å². The van der Waals surface area contributed by atoms with Gasteiger partial charge in [-0.3, -0.25) is 4.31 Å². The summed E-state index contributed by atoms with van der Waals surface area (Å²) in [5.74, 6) is 0. The third-order valence-corrected chi connectivity index (χ3v) is 8.64. The molecule has 0 aromatic heterocycles. The number of halogens is 1. The molecule has 3 rings (SSSR count). The Kier molecular flexibility index (Phi) is 10.8. The summed E-state index contributed by atoms with van der Waals surface area (Å²) in [7, 11) is -3.92. The number of carbonyl (C=O) groups is 1. The zero-order valence-corrected chi connectivity index (χ0v) is 25.2. The van der Waals surface area contributed by atoms with Crippen LogP contribution in [-0.4, -0.2) is 27.8 Å². The number of allylic oxidation sites excluding steroid dienone is 1. The number of nitrogens with zero attached hydrogens (tertiary/aromatic N) is 1. The summed E-state index contributed by atoms with van der Waals surface area (Å²) < 4.78 is 40.9. The predicted molar refractivity (Wildman–Crippen MR) is 160 cm³/mol. The van der Waals surface area contributed by atoms with Crippen molar-refractivity contribution < 1.29 is 22.7 Å². The Morgan fingerprint density at radius 3 is 2.26 bits per heavy atom. The summed E-state index contributed by atoms with van der Waals surface area (Å²) in [6, 6.07) is 20.2. The minimum atomic E-state index is -3.92. The molecule has 0 unspecified atom stereocenters. The summed E-state index contributed by atoms with van der Waals surface area (Å²) >= 11 is 2.23. The van der Waals surface area contributed by atoms with Crippen molar-refractivity contribution in [1.29, 1.82) is 0 Å². The van der Waals surface area contributed by atoms with Gasteiger partial charge in [0.05, 0.1) is 23.2 Å². The molecule has 3 aromatic rings. The lowest BCUT2D eigenvalue weighted by Gasteiger charge is -2.35.